The van der Waals surface area contributed by atoms with Crippen LogP contribution >= 0.6 is 0 Å². The Labute approximate surface area is 203 Å². The minimum Gasteiger partial charge on any atom is -0.431 e. The van der Waals surface area contributed by atoms with Crippen molar-refractivity contribution in [2.45, 2.75) is 97.5 Å². The van der Waals surface area contributed by atoms with E-state index in [2.05, 4.69) is 0 Å². The zero-order valence-electron chi connectivity index (χ0n) is 21.3. The summed E-state index contributed by atoms with van der Waals surface area (Å²) >= 11 is 0. The molecule has 0 aromatic carbocycles. The van der Waals surface area contributed by atoms with E-state index in [1.165, 1.54) is 17.7 Å². The lowest BCUT2D eigenvalue weighted by Gasteiger charge is -2.23. The van der Waals surface area contributed by atoms with Crippen molar-refractivity contribution in [1.82, 2.24) is 9.13 Å². The van der Waals surface area contributed by atoms with Gasteiger partial charge < -0.3 is 23.7 Å². The van der Waals surface area contributed by atoms with E-state index in [-0.39, 0.29) is 31.6 Å². The van der Waals surface area contributed by atoms with Crippen LogP contribution in [-0.2, 0) is 30.2 Å². The summed E-state index contributed by atoms with van der Waals surface area (Å²) in [6.45, 7) is 10.5. The van der Waals surface area contributed by atoms with Crippen LogP contribution in [0.5, 0.6) is 0 Å². The number of aryl methyl sites for hydroxylation is 1. The van der Waals surface area contributed by atoms with Crippen LogP contribution in [0.4, 0.5) is 14.0 Å². The van der Waals surface area contributed by atoms with Gasteiger partial charge in [-0.2, -0.15) is 0 Å². The minimum atomic E-state index is -0.953. The van der Waals surface area contributed by atoms with Gasteiger partial charge in [-0.3, -0.25) is 18.3 Å². The molecule has 2 heterocycles. The molecule has 0 N–H and O–H groups in total. The number of alkyl halides is 1. The Morgan fingerprint density at radius 1 is 1.09 bits per heavy atom. The predicted molar refractivity (Wildman–Crippen MR) is 122 cm³/mol. The number of rotatable bonds is 7. The Kier molecular flexibility index (Phi) is 9.10. The topological polar surface area (TPSA) is 124 Å². The van der Waals surface area contributed by atoms with E-state index in [0.29, 0.717) is 0 Å². The van der Waals surface area contributed by atoms with Crippen molar-refractivity contribution in [3.8, 4) is 0 Å². The van der Waals surface area contributed by atoms with E-state index in [1.807, 2.05) is 0 Å². The Bertz CT molecular complexity index is 1020. The molecule has 35 heavy (non-hydrogen) atoms. The van der Waals surface area contributed by atoms with Crippen molar-refractivity contribution in [2.75, 3.05) is 13.3 Å². The van der Waals surface area contributed by atoms with Gasteiger partial charge >= 0.3 is 18.0 Å². The van der Waals surface area contributed by atoms with E-state index in [0.717, 1.165) is 4.57 Å². The van der Waals surface area contributed by atoms with Crippen LogP contribution in [0.1, 0.15) is 66.2 Å². The first-order valence-corrected chi connectivity index (χ1v) is 11.4. The maximum absolute atomic E-state index is 13.0. The molecule has 0 radical (unpaired) electrons. The molecule has 3 atom stereocenters. The van der Waals surface area contributed by atoms with Crippen molar-refractivity contribution in [2.24, 2.45) is 0 Å². The van der Waals surface area contributed by atoms with E-state index in [4.69, 9.17) is 23.7 Å². The zero-order valence-corrected chi connectivity index (χ0v) is 21.3. The Hall–Kier alpha value is -2.89. The lowest BCUT2D eigenvalue weighted by molar-refractivity contribution is -0.0824. The van der Waals surface area contributed by atoms with Crippen molar-refractivity contribution < 1.29 is 37.7 Å². The summed E-state index contributed by atoms with van der Waals surface area (Å²) in [5.74, 6) is 0. The smallest absolute Gasteiger partial charge is 0.431 e. The molecule has 2 unspecified atom stereocenters. The largest absolute Gasteiger partial charge is 0.509 e. The number of ether oxygens (including phenoxy) is 5. The van der Waals surface area contributed by atoms with Crippen LogP contribution in [-0.4, -0.2) is 58.1 Å². The standard InChI is InChI=1S/C23H35FN2O9/c1-14-12-26(19(28)25(18(14)27)10-8-9-24)17-11-15(33-21(30)35-23(5,6)7)16(32-17)13-31-20(29)34-22(2,3)4/h12,15-17H,8-11,13H2,1-7H3/t15?,16-,17?/m1/s1/i24-1. The lowest BCUT2D eigenvalue weighted by atomic mass is 10.2. The van der Waals surface area contributed by atoms with Crippen LogP contribution in [0.3, 0.4) is 0 Å². The number of hydrogen-bond donors (Lipinski definition) is 0. The number of aromatic nitrogens is 2. The molecule has 1 saturated heterocycles. The average Bonchev–Trinajstić information content (AvgIpc) is 3.08. The fraction of sp³-hybridized carbons (Fsp3) is 0.739. The van der Waals surface area contributed by atoms with E-state index in [1.54, 1.807) is 41.5 Å². The SMILES string of the molecule is Cc1cn(C2CC(OC(=O)OC(C)(C)C)[C@@H](COC(=O)OC(C)(C)C)O2)c(=O)n(CCC[18F])c1=O. The Morgan fingerprint density at radius 3 is 2.26 bits per heavy atom. The Balaban J connectivity index is 2.28. The number of halogens is 1. The molecule has 198 valence electrons. The van der Waals surface area contributed by atoms with Crippen LogP contribution < -0.4 is 11.2 Å². The molecular weight excluding hydrogens is 466 g/mol. The number of carbonyl (C=O) groups is 2. The molecule has 0 saturated carbocycles. The highest BCUT2D eigenvalue weighted by atomic mass is 18.2. The molecular formula is C23H35FN2O9. The fourth-order valence-corrected chi connectivity index (χ4v) is 3.35. The molecule has 0 spiro atoms. The third kappa shape index (κ3) is 8.37. The average molecular weight is 502 g/mol. The second-order valence-corrected chi connectivity index (χ2v) is 10.3. The van der Waals surface area contributed by atoms with E-state index in [9.17, 15) is 23.6 Å². The molecule has 1 aromatic heterocycles. The summed E-state index contributed by atoms with van der Waals surface area (Å²) in [5.41, 5.74) is -2.54. The molecule has 1 aliphatic heterocycles. The fourth-order valence-electron chi connectivity index (χ4n) is 3.35. The number of carbonyl (C=O) groups excluding carboxylic acids is 2. The minimum absolute atomic E-state index is 0.000850. The van der Waals surface area contributed by atoms with Gasteiger partial charge in [-0.05, 0) is 54.9 Å². The summed E-state index contributed by atoms with van der Waals surface area (Å²) in [4.78, 5) is 49.7. The highest BCUT2D eigenvalue weighted by Gasteiger charge is 2.41. The monoisotopic (exact) mass is 501 g/mol. The van der Waals surface area contributed by atoms with Crippen LogP contribution in [0.2, 0.25) is 0 Å². The van der Waals surface area contributed by atoms with Gasteiger partial charge in [-0.15, -0.1) is 0 Å². The molecule has 0 amide bonds. The highest BCUT2D eigenvalue weighted by Crippen LogP contribution is 2.31. The quantitative estimate of drug-likeness (QED) is 0.518. The number of hydrogen-bond acceptors (Lipinski definition) is 9. The van der Waals surface area contributed by atoms with E-state index < -0.39 is 59.9 Å². The predicted octanol–water partition coefficient (Wildman–Crippen LogP) is 3.24. The first-order chi connectivity index (χ1) is 16.1. The third-order valence-corrected chi connectivity index (χ3v) is 4.77. The van der Waals surface area contributed by atoms with Crippen molar-refractivity contribution >= 4 is 12.3 Å². The van der Waals surface area contributed by atoms with Crippen molar-refractivity contribution in [1.29, 1.82) is 0 Å². The van der Waals surface area contributed by atoms with Gasteiger partial charge in [0, 0.05) is 24.7 Å². The first kappa shape index (κ1) is 28.3. The van der Waals surface area contributed by atoms with Gasteiger partial charge in [0.2, 0.25) is 0 Å². The highest BCUT2D eigenvalue weighted by molar-refractivity contribution is 5.61. The first-order valence-electron chi connectivity index (χ1n) is 11.4. The van der Waals surface area contributed by atoms with Gasteiger partial charge in [0.1, 0.15) is 36.2 Å². The van der Waals surface area contributed by atoms with Gasteiger partial charge in [0.25, 0.3) is 5.56 Å². The van der Waals surface area contributed by atoms with Gasteiger partial charge in [-0.1, -0.05) is 0 Å². The van der Waals surface area contributed by atoms with Crippen LogP contribution in [0.15, 0.2) is 15.8 Å². The molecule has 2 rings (SSSR count). The van der Waals surface area contributed by atoms with Crippen LogP contribution in [0, 0.1) is 6.92 Å². The summed E-state index contributed by atoms with van der Waals surface area (Å²) in [5, 5.41) is 0. The summed E-state index contributed by atoms with van der Waals surface area (Å²) in [7, 11) is 0. The van der Waals surface area contributed by atoms with Crippen LogP contribution in [0.25, 0.3) is 0 Å². The maximum atomic E-state index is 13.0. The molecule has 1 fully saturated rings. The second kappa shape index (κ2) is 11.2. The molecule has 1 aromatic rings. The summed E-state index contributed by atoms with van der Waals surface area (Å²) in [6.07, 6.45) is -3.36. The third-order valence-electron chi connectivity index (χ3n) is 4.77. The second-order valence-electron chi connectivity index (χ2n) is 10.3. The maximum Gasteiger partial charge on any atom is 0.509 e. The number of nitrogens with zero attached hydrogens (tertiary/aromatic N) is 2. The lowest BCUT2D eigenvalue weighted by Crippen LogP contribution is -2.42. The molecule has 11 nitrogen and oxygen atoms in total. The van der Waals surface area contributed by atoms with Crippen molar-refractivity contribution in [3.05, 3.63) is 32.6 Å². The molecule has 1 aliphatic rings. The molecule has 12 heteroatoms. The van der Waals surface area contributed by atoms with Gasteiger partial charge in [0.15, 0.2) is 0 Å². The Morgan fingerprint density at radius 2 is 1.69 bits per heavy atom. The summed E-state index contributed by atoms with van der Waals surface area (Å²) < 4.78 is 41.6. The summed E-state index contributed by atoms with van der Waals surface area (Å²) in [6, 6.07) is 0. The zero-order chi connectivity index (χ0) is 26.6. The molecule has 0 bridgehead atoms. The van der Waals surface area contributed by atoms with Gasteiger partial charge in [0.05, 0.1) is 6.67 Å². The van der Waals surface area contributed by atoms with Crippen molar-refractivity contribution in [3.63, 3.8) is 0 Å². The molecule has 0 aliphatic carbocycles. The normalized spacial score (nSPS) is 20.4. The van der Waals surface area contributed by atoms with Gasteiger partial charge in [-0.25, -0.2) is 14.4 Å². The van der Waals surface area contributed by atoms with E-state index >= 15 is 0 Å².